The average molecular weight is 358 g/mol. The van der Waals surface area contributed by atoms with Gasteiger partial charge in [0.1, 0.15) is 5.75 Å². The van der Waals surface area contributed by atoms with E-state index in [0.29, 0.717) is 10.6 Å². The largest absolute Gasteiger partial charge is 0.481 e. The summed E-state index contributed by atoms with van der Waals surface area (Å²) >= 11 is 5.85. The van der Waals surface area contributed by atoms with Crippen LogP contribution in [0.2, 0.25) is 5.02 Å². The number of hydrazone groups is 1. The summed E-state index contributed by atoms with van der Waals surface area (Å²) < 4.78 is 9.80. The van der Waals surface area contributed by atoms with Crippen molar-refractivity contribution < 1.29 is 29.0 Å². The number of carboxylic acids is 1. The highest BCUT2D eigenvalue weighted by Gasteiger charge is 2.11. The zero-order valence-corrected chi connectivity index (χ0v) is 13.5. The predicted octanol–water partition coefficient (Wildman–Crippen LogP) is 0.0161. The Balaban J connectivity index is 2.65. The van der Waals surface area contributed by atoms with Crippen molar-refractivity contribution in [2.75, 3.05) is 26.9 Å². The minimum atomic E-state index is -1.14. The summed E-state index contributed by atoms with van der Waals surface area (Å²) in [6.07, 6.45) is 1.18. The Morgan fingerprint density at radius 3 is 2.75 bits per heavy atom. The fourth-order valence-corrected chi connectivity index (χ4v) is 1.63. The molecule has 0 radical (unpaired) electrons. The van der Waals surface area contributed by atoms with E-state index in [1.54, 1.807) is 0 Å². The van der Waals surface area contributed by atoms with Gasteiger partial charge in [0.15, 0.2) is 6.61 Å². The quantitative estimate of drug-likeness (QED) is 0.260. The van der Waals surface area contributed by atoms with Crippen LogP contribution in [0.3, 0.4) is 0 Å². The Hall–Kier alpha value is -2.65. The molecule has 0 aliphatic rings. The molecule has 0 saturated carbocycles. The number of hydrogen-bond donors (Lipinski definition) is 3. The summed E-state index contributed by atoms with van der Waals surface area (Å²) in [5.41, 5.74) is 2.37. The lowest BCUT2D eigenvalue weighted by Crippen LogP contribution is -2.39. The van der Waals surface area contributed by atoms with Gasteiger partial charge in [-0.25, -0.2) is 10.2 Å². The molecular formula is C14H16ClN3O6. The number of carbonyl (C=O) groups is 3. The molecule has 130 valence electrons. The van der Waals surface area contributed by atoms with Crippen LogP contribution in [0.15, 0.2) is 23.3 Å². The van der Waals surface area contributed by atoms with Crippen LogP contribution in [0.1, 0.15) is 5.56 Å². The first-order chi connectivity index (χ1) is 11.4. The third-order valence-corrected chi connectivity index (χ3v) is 2.73. The zero-order chi connectivity index (χ0) is 17.9. The van der Waals surface area contributed by atoms with Gasteiger partial charge in [0.25, 0.3) is 0 Å². The number of benzene rings is 1. The second kappa shape index (κ2) is 10.2. The summed E-state index contributed by atoms with van der Waals surface area (Å²) in [6.45, 7) is -0.0836. The van der Waals surface area contributed by atoms with E-state index in [0.717, 1.165) is 0 Å². The molecule has 0 fully saturated rings. The number of halogens is 1. The van der Waals surface area contributed by atoms with Gasteiger partial charge in [-0.05, 0) is 18.2 Å². The average Bonchev–Trinajstić information content (AvgIpc) is 2.53. The van der Waals surface area contributed by atoms with E-state index in [4.69, 9.17) is 26.2 Å². The summed E-state index contributed by atoms with van der Waals surface area (Å²) in [7, 11) is 1.46. The highest BCUT2D eigenvalue weighted by atomic mass is 35.5. The molecule has 0 aliphatic heterocycles. The lowest BCUT2D eigenvalue weighted by atomic mass is 10.2. The fraction of sp³-hybridized carbons (Fsp3) is 0.286. The van der Waals surface area contributed by atoms with Crippen LogP contribution in [0, 0.1) is 0 Å². The lowest BCUT2D eigenvalue weighted by molar-refractivity contribution is -0.139. The number of ether oxygens (including phenoxy) is 2. The van der Waals surface area contributed by atoms with Gasteiger partial charge in [0.2, 0.25) is 0 Å². The van der Waals surface area contributed by atoms with Crippen LogP contribution < -0.4 is 15.5 Å². The first-order valence-electron chi connectivity index (χ1n) is 6.68. The number of carboxylic acid groups (broad SMARTS) is 1. The first-order valence-corrected chi connectivity index (χ1v) is 7.06. The highest BCUT2D eigenvalue weighted by Crippen LogP contribution is 2.21. The van der Waals surface area contributed by atoms with Gasteiger partial charge in [-0.15, -0.1) is 0 Å². The molecule has 0 aliphatic carbocycles. The molecule has 0 bridgehead atoms. The molecule has 0 aromatic heterocycles. The SMILES string of the molecule is COCCNC(=O)C(=O)N/N=C\c1cc(Cl)ccc1OCC(=O)O. The number of carbonyl (C=O) groups excluding carboxylic acids is 2. The molecule has 10 heteroatoms. The van der Waals surface area contributed by atoms with Crippen molar-refractivity contribution in [2.45, 2.75) is 0 Å². The third kappa shape index (κ3) is 7.07. The minimum Gasteiger partial charge on any atom is -0.481 e. The van der Waals surface area contributed by atoms with Gasteiger partial charge < -0.3 is 19.9 Å². The lowest BCUT2D eigenvalue weighted by Gasteiger charge is -2.07. The molecule has 1 aromatic carbocycles. The molecular weight excluding hydrogens is 342 g/mol. The number of methoxy groups -OCH3 is 1. The Morgan fingerprint density at radius 1 is 1.33 bits per heavy atom. The number of rotatable bonds is 8. The maximum Gasteiger partial charge on any atom is 0.341 e. The van der Waals surface area contributed by atoms with Crippen molar-refractivity contribution in [2.24, 2.45) is 5.10 Å². The van der Waals surface area contributed by atoms with Gasteiger partial charge in [-0.2, -0.15) is 5.10 Å². The molecule has 1 aromatic rings. The van der Waals surface area contributed by atoms with Gasteiger partial charge in [-0.1, -0.05) is 11.6 Å². The molecule has 2 amide bonds. The van der Waals surface area contributed by atoms with Gasteiger partial charge >= 0.3 is 17.8 Å². The molecule has 24 heavy (non-hydrogen) atoms. The van der Waals surface area contributed by atoms with Crippen molar-refractivity contribution in [1.82, 2.24) is 10.7 Å². The Morgan fingerprint density at radius 2 is 2.08 bits per heavy atom. The van der Waals surface area contributed by atoms with Gasteiger partial charge in [0.05, 0.1) is 12.8 Å². The molecule has 1 rings (SSSR count). The minimum absolute atomic E-state index is 0.188. The molecule has 9 nitrogen and oxygen atoms in total. The normalized spacial score (nSPS) is 10.4. The van der Waals surface area contributed by atoms with E-state index in [1.165, 1.54) is 31.5 Å². The molecule has 0 unspecified atom stereocenters. The number of amides is 2. The maximum atomic E-state index is 11.5. The van der Waals surface area contributed by atoms with Crippen LogP contribution in [0.25, 0.3) is 0 Å². The summed E-state index contributed by atoms with van der Waals surface area (Å²) in [6, 6.07) is 4.44. The van der Waals surface area contributed by atoms with Gasteiger partial charge in [-0.3, -0.25) is 9.59 Å². The topological polar surface area (TPSA) is 126 Å². The van der Waals surface area contributed by atoms with E-state index >= 15 is 0 Å². The van der Waals surface area contributed by atoms with Crippen molar-refractivity contribution in [3.8, 4) is 5.75 Å². The highest BCUT2D eigenvalue weighted by molar-refractivity contribution is 6.35. The molecule has 0 spiro atoms. The van der Waals surface area contributed by atoms with Gasteiger partial charge in [0, 0.05) is 24.2 Å². The second-order valence-corrected chi connectivity index (χ2v) is 4.75. The Bertz CT molecular complexity index is 635. The third-order valence-electron chi connectivity index (χ3n) is 2.49. The van der Waals surface area contributed by atoms with E-state index < -0.39 is 24.4 Å². The van der Waals surface area contributed by atoms with E-state index in [-0.39, 0.29) is 18.9 Å². The first kappa shape index (κ1) is 19.4. The molecule has 3 N–H and O–H groups in total. The van der Waals surface area contributed by atoms with Crippen LogP contribution in [-0.2, 0) is 19.1 Å². The monoisotopic (exact) mass is 357 g/mol. The van der Waals surface area contributed by atoms with Crippen LogP contribution in [-0.4, -0.2) is 56.0 Å². The van der Waals surface area contributed by atoms with E-state index in [1.807, 2.05) is 5.43 Å². The van der Waals surface area contributed by atoms with Crippen LogP contribution >= 0.6 is 11.6 Å². The summed E-state index contributed by atoms with van der Waals surface area (Å²) in [5.74, 6) is -2.76. The van der Waals surface area contributed by atoms with Crippen LogP contribution in [0.5, 0.6) is 5.75 Å². The number of hydrogen-bond acceptors (Lipinski definition) is 6. The molecule has 0 heterocycles. The standard InChI is InChI=1S/C14H16ClN3O6/c1-23-5-4-16-13(21)14(22)18-17-7-9-6-10(15)2-3-11(9)24-8-12(19)20/h2-3,6-7H,4-5,8H2,1H3,(H,16,21)(H,18,22)(H,19,20)/b17-7-. The smallest absolute Gasteiger partial charge is 0.341 e. The number of aliphatic carboxylic acids is 1. The van der Waals surface area contributed by atoms with Crippen molar-refractivity contribution >= 4 is 35.6 Å². The number of nitrogens with one attached hydrogen (secondary N) is 2. The van der Waals surface area contributed by atoms with Crippen molar-refractivity contribution in [3.05, 3.63) is 28.8 Å². The molecule has 0 atom stereocenters. The van der Waals surface area contributed by atoms with E-state index in [2.05, 4.69) is 10.4 Å². The Labute approximate surface area is 142 Å². The molecule has 0 saturated heterocycles. The summed E-state index contributed by atoms with van der Waals surface area (Å²) in [5, 5.41) is 14.9. The van der Waals surface area contributed by atoms with Crippen LogP contribution in [0.4, 0.5) is 0 Å². The maximum absolute atomic E-state index is 11.5. The number of nitrogens with zero attached hydrogens (tertiary/aromatic N) is 1. The van der Waals surface area contributed by atoms with Crippen molar-refractivity contribution in [1.29, 1.82) is 0 Å². The van der Waals surface area contributed by atoms with Crippen molar-refractivity contribution in [3.63, 3.8) is 0 Å². The predicted molar refractivity (Wildman–Crippen MR) is 85.2 cm³/mol. The van der Waals surface area contributed by atoms with E-state index in [9.17, 15) is 14.4 Å². The zero-order valence-electron chi connectivity index (χ0n) is 12.7. The fourth-order valence-electron chi connectivity index (χ4n) is 1.45. The Kier molecular flexibility index (Phi) is 8.23. The summed E-state index contributed by atoms with van der Waals surface area (Å²) in [4.78, 5) is 33.4. The second-order valence-electron chi connectivity index (χ2n) is 4.31.